The second-order valence-corrected chi connectivity index (χ2v) is 4.57. The predicted molar refractivity (Wildman–Crippen MR) is 73.9 cm³/mol. The Bertz CT molecular complexity index is 375. The standard InChI is InChI=1S/C13H22N4O/c1-14-12-7-6-11(10-15-12)13(18)17(4)9-5-8-16(2)3/h6-7,10H,5,8-9H2,1-4H3,(H,14,15). The maximum absolute atomic E-state index is 12.1. The van der Waals surface area contributed by atoms with Gasteiger partial charge in [-0.2, -0.15) is 0 Å². The molecule has 0 atom stereocenters. The van der Waals surface area contributed by atoms with Gasteiger partial charge in [0.25, 0.3) is 5.91 Å². The van der Waals surface area contributed by atoms with E-state index in [1.54, 1.807) is 30.3 Å². The maximum atomic E-state index is 12.1. The first-order valence-corrected chi connectivity index (χ1v) is 6.08. The Kier molecular flexibility index (Phi) is 5.58. The highest BCUT2D eigenvalue weighted by atomic mass is 16.2. The zero-order chi connectivity index (χ0) is 13.5. The number of pyridine rings is 1. The Labute approximate surface area is 109 Å². The molecule has 0 aliphatic carbocycles. The van der Waals surface area contributed by atoms with Crippen LogP contribution in [0.2, 0.25) is 0 Å². The Morgan fingerprint density at radius 2 is 2.00 bits per heavy atom. The molecular formula is C13H22N4O. The number of hydrogen-bond donors (Lipinski definition) is 1. The molecule has 0 aliphatic heterocycles. The first-order chi connectivity index (χ1) is 8.54. The fourth-order valence-corrected chi connectivity index (χ4v) is 1.61. The van der Waals surface area contributed by atoms with Crippen LogP contribution in [-0.2, 0) is 0 Å². The van der Waals surface area contributed by atoms with E-state index in [9.17, 15) is 4.79 Å². The highest BCUT2D eigenvalue weighted by Gasteiger charge is 2.11. The van der Waals surface area contributed by atoms with Crippen molar-refractivity contribution in [2.75, 3.05) is 46.6 Å². The molecule has 5 heteroatoms. The van der Waals surface area contributed by atoms with E-state index in [1.165, 1.54) is 0 Å². The molecule has 1 heterocycles. The van der Waals surface area contributed by atoms with Crippen molar-refractivity contribution in [2.45, 2.75) is 6.42 Å². The third kappa shape index (κ3) is 4.33. The zero-order valence-corrected chi connectivity index (χ0v) is 11.6. The predicted octanol–water partition coefficient (Wildman–Crippen LogP) is 1.15. The van der Waals surface area contributed by atoms with E-state index >= 15 is 0 Å². The van der Waals surface area contributed by atoms with Crippen LogP contribution in [0.15, 0.2) is 18.3 Å². The molecule has 0 bridgehead atoms. The van der Waals surface area contributed by atoms with E-state index in [1.807, 2.05) is 21.1 Å². The van der Waals surface area contributed by atoms with Crippen molar-refractivity contribution < 1.29 is 4.79 Å². The number of aromatic nitrogens is 1. The molecule has 0 saturated heterocycles. The molecule has 1 aromatic heterocycles. The third-order valence-corrected chi connectivity index (χ3v) is 2.71. The minimum Gasteiger partial charge on any atom is -0.373 e. The van der Waals surface area contributed by atoms with Gasteiger partial charge in [-0.25, -0.2) is 4.98 Å². The van der Waals surface area contributed by atoms with E-state index in [2.05, 4.69) is 15.2 Å². The van der Waals surface area contributed by atoms with Gasteiger partial charge in [0.2, 0.25) is 0 Å². The molecule has 0 fully saturated rings. The lowest BCUT2D eigenvalue weighted by Gasteiger charge is -2.18. The smallest absolute Gasteiger partial charge is 0.255 e. The first-order valence-electron chi connectivity index (χ1n) is 6.08. The number of nitrogens with zero attached hydrogens (tertiary/aromatic N) is 3. The highest BCUT2D eigenvalue weighted by molar-refractivity contribution is 5.93. The van der Waals surface area contributed by atoms with Gasteiger partial charge >= 0.3 is 0 Å². The number of anilines is 1. The molecule has 100 valence electrons. The van der Waals surface area contributed by atoms with Crippen LogP contribution in [0.25, 0.3) is 0 Å². The molecule has 0 radical (unpaired) electrons. The van der Waals surface area contributed by atoms with Crippen molar-refractivity contribution in [3.63, 3.8) is 0 Å². The minimum absolute atomic E-state index is 0.0175. The zero-order valence-electron chi connectivity index (χ0n) is 11.6. The van der Waals surface area contributed by atoms with E-state index in [0.29, 0.717) is 5.56 Å². The lowest BCUT2D eigenvalue weighted by molar-refractivity contribution is 0.0790. The van der Waals surface area contributed by atoms with Crippen molar-refractivity contribution in [3.8, 4) is 0 Å². The van der Waals surface area contributed by atoms with Gasteiger partial charge in [-0.3, -0.25) is 4.79 Å². The summed E-state index contributed by atoms with van der Waals surface area (Å²) >= 11 is 0. The number of carbonyl (C=O) groups is 1. The van der Waals surface area contributed by atoms with E-state index in [0.717, 1.165) is 25.3 Å². The number of carbonyl (C=O) groups excluding carboxylic acids is 1. The summed E-state index contributed by atoms with van der Waals surface area (Å²) in [5, 5.41) is 2.93. The van der Waals surface area contributed by atoms with E-state index < -0.39 is 0 Å². The van der Waals surface area contributed by atoms with Crippen LogP contribution in [0.3, 0.4) is 0 Å². The van der Waals surface area contributed by atoms with Crippen molar-refractivity contribution in [2.24, 2.45) is 0 Å². The van der Waals surface area contributed by atoms with Crippen molar-refractivity contribution >= 4 is 11.7 Å². The molecule has 1 rings (SSSR count). The average Bonchev–Trinajstić information content (AvgIpc) is 2.37. The quantitative estimate of drug-likeness (QED) is 0.822. The molecule has 0 unspecified atom stereocenters. The van der Waals surface area contributed by atoms with Crippen molar-refractivity contribution in [1.29, 1.82) is 0 Å². The van der Waals surface area contributed by atoms with Crippen LogP contribution in [0.4, 0.5) is 5.82 Å². The summed E-state index contributed by atoms with van der Waals surface area (Å²) in [5.74, 6) is 0.783. The van der Waals surface area contributed by atoms with Crippen LogP contribution in [0.1, 0.15) is 16.8 Å². The summed E-state index contributed by atoms with van der Waals surface area (Å²) in [7, 11) is 7.69. The molecular weight excluding hydrogens is 228 g/mol. The van der Waals surface area contributed by atoms with Gasteiger partial charge in [-0.15, -0.1) is 0 Å². The van der Waals surface area contributed by atoms with Crippen LogP contribution >= 0.6 is 0 Å². The van der Waals surface area contributed by atoms with Gasteiger partial charge in [-0.1, -0.05) is 0 Å². The maximum Gasteiger partial charge on any atom is 0.255 e. The van der Waals surface area contributed by atoms with Crippen molar-refractivity contribution in [3.05, 3.63) is 23.9 Å². The van der Waals surface area contributed by atoms with Gasteiger partial charge in [0.05, 0.1) is 5.56 Å². The monoisotopic (exact) mass is 250 g/mol. The van der Waals surface area contributed by atoms with Gasteiger partial charge < -0.3 is 15.1 Å². The Morgan fingerprint density at radius 1 is 1.28 bits per heavy atom. The lowest BCUT2D eigenvalue weighted by Crippen LogP contribution is -2.29. The SMILES string of the molecule is CNc1ccc(C(=O)N(C)CCCN(C)C)cn1. The third-order valence-electron chi connectivity index (χ3n) is 2.71. The topological polar surface area (TPSA) is 48.5 Å². The number of nitrogens with one attached hydrogen (secondary N) is 1. The van der Waals surface area contributed by atoms with Gasteiger partial charge in [0, 0.05) is 26.8 Å². The van der Waals surface area contributed by atoms with E-state index in [-0.39, 0.29) is 5.91 Å². The van der Waals surface area contributed by atoms with Crippen LogP contribution in [-0.4, -0.2) is 62.0 Å². The number of hydrogen-bond acceptors (Lipinski definition) is 4. The molecule has 1 aromatic rings. The molecule has 18 heavy (non-hydrogen) atoms. The summed E-state index contributed by atoms with van der Waals surface area (Å²) in [4.78, 5) is 20.1. The second-order valence-electron chi connectivity index (χ2n) is 4.57. The Balaban J connectivity index is 2.51. The number of amides is 1. The minimum atomic E-state index is 0.0175. The summed E-state index contributed by atoms with van der Waals surface area (Å²) in [6, 6.07) is 3.60. The molecule has 0 aromatic carbocycles. The molecule has 0 spiro atoms. The van der Waals surface area contributed by atoms with Crippen LogP contribution in [0.5, 0.6) is 0 Å². The fraction of sp³-hybridized carbons (Fsp3) is 0.538. The summed E-state index contributed by atoms with van der Waals surface area (Å²) < 4.78 is 0. The Hall–Kier alpha value is -1.62. The highest BCUT2D eigenvalue weighted by Crippen LogP contribution is 2.07. The molecule has 0 saturated carbocycles. The molecule has 5 nitrogen and oxygen atoms in total. The first kappa shape index (κ1) is 14.4. The van der Waals surface area contributed by atoms with Gasteiger partial charge in [-0.05, 0) is 39.2 Å². The second kappa shape index (κ2) is 6.96. The normalized spacial score (nSPS) is 10.5. The largest absolute Gasteiger partial charge is 0.373 e. The number of rotatable bonds is 6. The van der Waals surface area contributed by atoms with Gasteiger partial charge in [0.15, 0.2) is 0 Å². The summed E-state index contributed by atoms with van der Waals surface area (Å²) in [6.45, 7) is 1.74. The molecule has 0 aliphatic rings. The molecule has 1 amide bonds. The Morgan fingerprint density at radius 3 is 2.50 bits per heavy atom. The van der Waals surface area contributed by atoms with Crippen LogP contribution < -0.4 is 5.32 Å². The van der Waals surface area contributed by atoms with Gasteiger partial charge in [0.1, 0.15) is 5.82 Å². The average molecular weight is 250 g/mol. The van der Waals surface area contributed by atoms with Crippen molar-refractivity contribution in [1.82, 2.24) is 14.8 Å². The molecule has 1 N–H and O–H groups in total. The lowest BCUT2D eigenvalue weighted by atomic mass is 10.2. The van der Waals surface area contributed by atoms with E-state index in [4.69, 9.17) is 0 Å². The van der Waals surface area contributed by atoms with Crippen LogP contribution in [0, 0.1) is 0 Å². The summed E-state index contributed by atoms with van der Waals surface area (Å²) in [6.07, 6.45) is 2.58. The fourth-order valence-electron chi connectivity index (χ4n) is 1.61. The summed E-state index contributed by atoms with van der Waals surface area (Å²) in [5.41, 5.74) is 0.626.